The molecule has 1 heterocycles. The largest absolute Gasteiger partial charge is 0.481 e. The Kier molecular flexibility index (Phi) is 8.64. The van der Waals surface area contributed by atoms with Gasteiger partial charge in [0.25, 0.3) is 5.91 Å². The van der Waals surface area contributed by atoms with E-state index in [-0.39, 0.29) is 24.7 Å². The van der Waals surface area contributed by atoms with E-state index in [9.17, 15) is 22.8 Å². The Bertz CT molecular complexity index is 1800. The molecule has 220 valence electrons. The number of aryl methyl sites for hydroxylation is 1. The van der Waals surface area contributed by atoms with Gasteiger partial charge in [0.1, 0.15) is 5.69 Å². The number of aliphatic carboxylic acids is 1. The van der Waals surface area contributed by atoms with Gasteiger partial charge in [-0.3, -0.25) is 9.59 Å². The van der Waals surface area contributed by atoms with E-state index in [1.807, 2.05) is 91.9 Å². The van der Waals surface area contributed by atoms with Gasteiger partial charge in [-0.05, 0) is 64.2 Å². The minimum atomic E-state index is -4.51. The molecule has 5 aromatic rings. The first-order chi connectivity index (χ1) is 20.5. The average Bonchev–Trinajstić information content (AvgIpc) is 3.36. The molecular weight excluding hydrogens is 573 g/mol. The Hall–Kier alpha value is -4.50. The van der Waals surface area contributed by atoms with E-state index in [4.69, 9.17) is 5.11 Å². The van der Waals surface area contributed by atoms with Crippen LogP contribution in [0.3, 0.4) is 0 Å². The minimum absolute atomic E-state index is 0.0152. The second-order valence-electron chi connectivity index (χ2n) is 10.3. The zero-order valence-corrected chi connectivity index (χ0v) is 24.4. The van der Waals surface area contributed by atoms with E-state index in [1.54, 1.807) is 4.90 Å². The molecule has 0 saturated carbocycles. The molecule has 1 aromatic heterocycles. The van der Waals surface area contributed by atoms with Crippen LogP contribution < -0.4 is 0 Å². The van der Waals surface area contributed by atoms with Crippen LogP contribution in [0.5, 0.6) is 0 Å². The summed E-state index contributed by atoms with van der Waals surface area (Å²) in [5.41, 5.74) is 3.56. The molecule has 0 aliphatic rings. The lowest BCUT2D eigenvalue weighted by Gasteiger charge is -2.25. The number of carboxylic acids is 1. The Morgan fingerprint density at radius 3 is 2.30 bits per heavy atom. The monoisotopic (exact) mass is 602 g/mol. The van der Waals surface area contributed by atoms with Crippen molar-refractivity contribution in [2.45, 2.75) is 31.1 Å². The molecule has 0 saturated heterocycles. The normalized spacial score (nSPS) is 11.6. The summed E-state index contributed by atoms with van der Waals surface area (Å²) in [6.07, 6.45) is -4.51. The van der Waals surface area contributed by atoms with Gasteiger partial charge in [-0.2, -0.15) is 13.2 Å². The van der Waals surface area contributed by atoms with Crippen molar-refractivity contribution in [1.29, 1.82) is 0 Å². The van der Waals surface area contributed by atoms with Crippen molar-refractivity contribution in [1.82, 2.24) is 9.47 Å². The van der Waals surface area contributed by atoms with Crippen LogP contribution in [-0.2, 0) is 31.1 Å². The van der Waals surface area contributed by atoms with Gasteiger partial charge in [0.2, 0.25) is 0 Å². The predicted molar refractivity (Wildman–Crippen MR) is 163 cm³/mol. The number of carbonyl (C=O) groups is 2. The number of nitrogens with zero attached hydrogens (tertiary/aromatic N) is 2. The number of fused-ring (bicyclic) bond motifs is 1. The smallest absolute Gasteiger partial charge is 0.431 e. The molecule has 4 aromatic carbocycles. The fraction of sp³-hybridized carbons (Fsp3) is 0.176. The number of halogens is 3. The van der Waals surface area contributed by atoms with Gasteiger partial charge >= 0.3 is 12.1 Å². The van der Waals surface area contributed by atoms with Gasteiger partial charge in [0.15, 0.2) is 0 Å². The first kappa shape index (κ1) is 30.0. The highest BCUT2D eigenvalue weighted by atomic mass is 32.2. The van der Waals surface area contributed by atoms with E-state index in [2.05, 4.69) is 0 Å². The van der Waals surface area contributed by atoms with Crippen molar-refractivity contribution in [3.63, 3.8) is 0 Å². The van der Waals surface area contributed by atoms with Crippen molar-refractivity contribution < 1.29 is 27.9 Å². The third-order valence-electron chi connectivity index (χ3n) is 7.36. The molecule has 9 heteroatoms. The molecule has 0 aliphatic carbocycles. The zero-order valence-electron chi connectivity index (χ0n) is 23.6. The van der Waals surface area contributed by atoms with Crippen LogP contribution >= 0.6 is 11.8 Å². The van der Waals surface area contributed by atoms with Crippen LogP contribution in [0.15, 0.2) is 102 Å². The molecular formula is C34H29F3N2O3S. The van der Waals surface area contributed by atoms with Crippen LogP contribution in [0.4, 0.5) is 13.2 Å². The van der Waals surface area contributed by atoms with Gasteiger partial charge in [0, 0.05) is 24.2 Å². The second kappa shape index (κ2) is 12.4. The van der Waals surface area contributed by atoms with Crippen molar-refractivity contribution >= 4 is 34.4 Å². The number of benzene rings is 4. The number of carbonyl (C=O) groups excluding carboxylic acids is 1. The number of amides is 1. The summed E-state index contributed by atoms with van der Waals surface area (Å²) in [5.74, 6) is -1.19. The summed E-state index contributed by atoms with van der Waals surface area (Å²) in [4.78, 5) is 27.6. The summed E-state index contributed by atoms with van der Waals surface area (Å²) >= 11 is 1.24. The highest BCUT2D eigenvalue weighted by molar-refractivity contribution is 8.00. The molecule has 0 spiro atoms. The number of alkyl halides is 3. The number of hydrogen-bond donors (Lipinski definition) is 1. The van der Waals surface area contributed by atoms with E-state index in [1.165, 1.54) is 24.9 Å². The molecule has 0 atom stereocenters. The van der Waals surface area contributed by atoms with Crippen LogP contribution in [0, 0.1) is 6.92 Å². The number of aromatic nitrogens is 1. The maximum Gasteiger partial charge on any atom is 0.431 e. The fourth-order valence-corrected chi connectivity index (χ4v) is 5.82. The number of rotatable bonds is 9. The number of thioether (sulfide) groups is 1. The van der Waals surface area contributed by atoms with Crippen molar-refractivity contribution in [3.05, 3.63) is 125 Å². The van der Waals surface area contributed by atoms with E-state index < -0.39 is 17.8 Å². The highest BCUT2D eigenvalue weighted by Gasteiger charge is 2.34. The van der Waals surface area contributed by atoms with Crippen LogP contribution in [0.25, 0.3) is 21.9 Å². The van der Waals surface area contributed by atoms with Gasteiger partial charge < -0.3 is 14.6 Å². The van der Waals surface area contributed by atoms with E-state index >= 15 is 0 Å². The van der Waals surface area contributed by atoms with Crippen molar-refractivity contribution in [2.24, 2.45) is 7.05 Å². The fourth-order valence-electron chi connectivity index (χ4n) is 5.15. The summed E-state index contributed by atoms with van der Waals surface area (Å²) in [6.45, 7) is 2.03. The topological polar surface area (TPSA) is 62.5 Å². The van der Waals surface area contributed by atoms with Crippen LogP contribution in [-0.4, -0.2) is 32.2 Å². The van der Waals surface area contributed by atoms with Gasteiger partial charge in [-0.15, -0.1) is 11.8 Å². The minimum Gasteiger partial charge on any atom is -0.481 e. The average molecular weight is 603 g/mol. The first-order valence-corrected chi connectivity index (χ1v) is 14.5. The van der Waals surface area contributed by atoms with E-state index in [0.717, 1.165) is 48.6 Å². The molecule has 43 heavy (non-hydrogen) atoms. The SMILES string of the molecule is Cc1ccc2ccccc2c1C(=O)N(Cc1ccc(-c2cccc(SCC(=O)O)c2)cc1)Cc1ccc(C(F)(F)F)n1C. The summed E-state index contributed by atoms with van der Waals surface area (Å²) in [5, 5.41) is 10.7. The molecule has 0 radical (unpaired) electrons. The third-order valence-corrected chi connectivity index (χ3v) is 8.34. The molecule has 1 amide bonds. The molecule has 0 fully saturated rings. The molecule has 1 N–H and O–H groups in total. The quantitative estimate of drug-likeness (QED) is 0.173. The van der Waals surface area contributed by atoms with E-state index in [0.29, 0.717) is 11.3 Å². The lowest BCUT2D eigenvalue weighted by molar-refractivity contribution is -0.143. The highest BCUT2D eigenvalue weighted by Crippen LogP contribution is 2.32. The Morgan fingerprint density at radius 2 is 1.60 bits per heavy atom. The Morgan fingerprint density at radius 1 is 0.860 bits per heavy atom. The first-order valence-electron chi connectivity index (χ1n) is 13.5. The van der Waals surface area contributed by atoms with Gasteiger partial charge in [-0.25, -0.2) is 0 Å². The van der Waals surface area contributed by atoms with Crippen molar-refractivity contribution in [3.8, 4) is 11.1 Å². The molecule has 0 bridgehead atoms. The lowest BCUT2D eigenvalue weighted by Crippen LogP contribution is -2.32. The van der Waals surface area contributed by atoms with Crippen LogP contribution in [0.1, 0.15) is 32.9 Å². The molecule has 5 nitrogen and oxygen atoms in total. The van der Waals surface area contributed by atoms with Crippen molar-refractivity contribution in [2.75, 3.05) is 5.75 Å². The van der Waals surface area contributed by atoms with Crippen LogP contribution in [0.2, 0.25) is 0 Å². The third kappa shape index (κ3) is 6.78. The van der Waals surface area contributed by atoms with Gasteiger partial charge in [0.05, 0.1) is 17.9 Å². The molecule has 0 unspecified atom stereocenters. The predicted octanol–water partition coefficient (Wildman–Crippen LogP) is 8.19. The summed E-state index contributed by atoms with van der Waals surface area (Å²) in [7, 11) is 1.36. The Balaban J connectivity index is 1.47. The maximum atomic E-state index is 14.2. The second-order valence-corrected chi connectivity index (χ2v) is 11.4. The summed E-state index contributed by atoms with van der Waals surface area (Å²) in [6, 6.07) is 29.1. The van der Waals surface area contributed by atoms with Gasteiger partial charge in [-0.1, -0.05) is 72.8 Å². The lowest BCUT2D eigenvalue weighted by atomic mass is 9.98. The molecule has 0 aliphatic heterocycles. The molecule has 5 rings (SSSR count). The maximum absolute atomic E-state index is 14.2. The Labute approximate surface area is 251 Å². The summed E-state index contributed by atoms with van der Waals surface area (Å²) < 4.78 is 41.7. The number of carboxylic acid groups (broad SMARTS) is 1. The number of hydrogen-bond acceptors (Lipinski definition) is 3. The standard InChI is InChI=1S/C34H29F3N2O3S/c1-22-10-13-25-6-3-4-9-29(25)32(22)33(42)39(20-27-16-17-30(38(27)2)34(35,36)37)19-23-11-14-24(15-12-23)26-7-5-8-28(18-26)43-21-31(40)41/h3-18H,19-21H2,1-2H3,(H,40,41). The zero-order chi connectivity index (χ0) is 30.7.